The summed E-state index contributed by atoms with van der Waals surface area (Å²) in [5, 5.41) is 12.1. The SMILES string of the molecule is O=C(O)C1(C(=O)NCC(c2ccccc2)c2ccccc2)CC1. The molecule has 2 aromatic carbocycles. The smallest absolute Gasteiger partial charge is 0.319 e. The number of carboxylic acids is 1. The van der Waals surface area contributed by atoms with Crippen LogP contribution in [0, 0.1) is 5.41 Å². The van der Waals surface area contributed by atoms with Crippen LogP contribution in [0.1, 0.15) is 29.9 Å². The Morgan fingerprint density at radius 1 is 0.957 bits per heavy atom. The zero-order chi connectivity index (χ0) is 16.3. The highest BCUT2D eigenvalue weighted by Gasteiger charge is 2.57. The Hall–Kier alpha value is -2.62. The van der Waals surface area contributed by atoms with Crippen molar-refractivity contribution in [2.45, 2.75) is 18.8 Å². The van der Waals surface area contributed by atoms with Crippen molar-refractivity contribution in [3.63, 3.8) is 0 Å². The summed E-state index contributed by atoms with van der Waals surface area (Å²) in [5.41, 5.74) is 0.996. The maximum atomic E-state index is 12.2. The Kier molecular flexibility index (Phi) is 4.15. The zero-order valence-corrected chi connectivity index (χ0v) is 12.7. The van der Waals surface area contributed by atoms with E-state index in [1.165, 1.54) is 0 Å². The van der Waals surface area contributed by atoms with Crippen molar-refractivity contribution >= 4 is 11.9 Å². The monoisotopic (exact) mass is 309 g/mol. The topological polar surface area (TPSA) is 66.4 Å². The van der Waals surface area contributed by atoms with Crippen molar-refractivity contribution in [2.75, 3.05) is 6.54 Å². The van der Waals surface area contributed by atoms with Gasteiger partial charge < -0.3 is 10.4 Å². The van der Waals surface area contributed by atoms with Gasteiger partial charge in [-0.3, -0.25) is 9.59 Å². The average Bonchev–Trinajstić information content (AvgIpc) is 3.39. The molecular weight excluding hydrogens is 290 g/mol. The first-order chi connectivity index (χ1) is 11.1. The van der Waals surface area contributed by atoms with Gasteiger partial charge in [0, 0.05) is 12.5 Å². The summed E-state index contributed by atoms with van der Waals surface area (Å²) in [7, 11) is 0. The number of rotatable bonds is 6. The molecule has 1 aliphatic rings. The third kappa shape index (κ3) is 3.11. The van der Waals surface area contributed by atoms with Crippen LogP contribution in [0.5, 0.6) is 0 Å². The highest BCUT2D eigenvalue weighted by atomic mass is 16.4. The van der Waals surface area contributed by atoms with E-state index in [1.54, 1.807) is 0 Å². The van der Waals surface area contributed by atoms with Crippen molar-refractivity contribution < 1.29 is 14.7 Å². The number of amides is 1. The molecule has 0 atom stereocenters. The molecule has 0 aliphatic heterocycles. The number of benzene rings is 2. The minimum absolute atomic E-state index is 0.00550. The number of carbonyl (C=O) groups excluding carboxylic acids is 1. The summed E-state index contributed by atoms with van der Waals surface area (Å²) in [4.78, 5) is 23.5. The fourth-order valence-corrected chi connectivity index (χ4v) is 2.83. The number of carbonyl (C=O) groups is 2. The predicted octanol–water partition coefficient (Wildman–Crippen LogP) is 2.80. The third-order valence-corrected chi connectivity index (χ3v) is 4.46. The third-order valence-electron chi connectivity index (χ3n) is 4.46. The first kappa shape index (κ1) is 15.3. The molecule has 0 saturated heterocycles. The van der Waals surface area contributed by atoms with Gasteiger partial charge in [0.1, 0.15) is 5.41 Å². The number of hydrogen-bond acceptors (Lipinski definition) is 2. The number of nitrogens with one attached hydrogen (secondary N) is 1. The van der Waals surface area contributed by atoms with Crippen LogP contribution in [0.4, 0.5) is 0 Å². The van der Waals surface area contributed by atoms with Crippen molar-refractivity contribution in [1.29, 1.82) is 0 Å². The lowest BCUT2D eigenvalue weighted by atomic mass is 9.91. The van der Waals surface area contributed by atoms with Crippen LogP contribution in [-0.2, 0) is 9.59 Å². The van der Waals surface area contributed by atoms with Crippen LogP contribution >= 0.6 is 0 Å². The van der Waals surface area contributed by atoms with E-state index >= 15 is 0 Å². The second-order valence-corrected chi connectivity index (χ2v) is 5.97. The van der Waals surface area contributed by atoms with Crippen molar-refractivity contribution in [3.05, 3.63) is 71.8 Å². The molecule has 4 nitrogen and oxygen atoms in total. The molecule has 0 aromatic heterocycles. The van der Waals surface area contributed by atoms with E-state index in [0.717, 1.165) is 11.1 Å². The maximum Gasteiger partial charge on any atom is 0.319 e. The van der Waals surface area contributed by atoms with E-state index in [9.17, 15) is 14.7 Å². The fraction of sp³-hybridized carbons (Fsp3) is 0.263. The van der Waals surface area contributed by atoms with Crippen molar-refractivity contribution in [3.8, 4) is 0 Å². The Bertz CT molecular complexity index is 654. The van der Waals surface area contributed by atoms with Gasteiger partial charge in [0.15, 0.2) is 0 Å². The Morgan fingerprint density at radius 2 is 1.43 bits per heavy atom. The fourth-order valence-electron chi connectivity index (χ4n) is 2.83. The van der Waals surface area contributed by atoms with Crippen molar-refractivity contribution in [1.82, 2.24) is 5.32 Å². The molecule has 2 aromatic rings. The van der Waals surface area contributed by atoms with Gasteiger partial charge in [0.2, 0.25) is 5.91 Å². The summed E-state index contributed by atoms with van der Waals surface area (Å²) in [6.07, 6.45) is 0.852. The van der Waals surface area contributed by atoms with Gasteiger partial charge in [-0.2, -0.15) is 0 Å². The van der Waals surface area contributed by atoms with Crippen molar-refractivity contribution in [2.24, 2.45) is 5.41 Å². The van der Waals surface area contributed by atoms with Crippen LogP contribution in [0.15, 0.2) is 60.7 Å². The van der Waals surface area contributed by atoms with Crippen LogP contribution in [0.25, 0.3) is 0 Å². The maximum absolute atomic E-state index is 12.2. The highest BCUT2D eigenvalue weighted by molar-refractivity contribution is 6.04. The molecule has 0 bridgehead atoms. The second-order valence-electron chi connectivity index (χ2n) is 5.97. The lowest BCUT2D eigenvalue weighted by molar-refractivity contribution is -0.149. The van der Waals surface area contributed by atoms with Gasteiger partial charge in [0.05, 0.1) is 0 Å². The second kappa shape index (κ2) is 6.24. The summed E-state index contributed by atoms with van der Waals surface area (Å²) in [6.45, 7) is 0.391. The largest absolute Gasteiger partial charge is 0.480 e. The van der Waals surface area contributed by atoms with E-state index < -0.39 is 11.4 Å². The molecule has 2 N–H and O–H groups in total. The Balaban J connectivity index is 1.78. The van der Waals surface area contributed by atoms with Crippen LogP contribution < -0.4 is 5.32 Å². The first-order valence-corrected chi connectivity index (χ1v) is 7.75. The lowest BCUT2D eigenvalue weighted by Gasteiger charge is -2.20. The van der Waals surface area contributed by atoms with E-state index in [0.29, 0.717) is 19.4 Å². The zero-order valence-electron chi connectivity index (χ0n) is 12.7. The van der Waals surface area contributed by atoms with E-state index in [4.69, 9.17) is 0 Å². The van der Waals surface area contributed by atoms with Crippen LogP contribution in [0.2, 0.25) is 0 Å². The quantitative estimate of drug-likeness (QED) is 0.806. The summed E-state index contributed by atoms with van der Waals surface area (Å²) < 4.78 is 0. The molecule has 118 valence electrons. The molecule has 3 rings (SSSR count). The van der Waals surface area contributed by atoms with E-state index in [-0.39, 0.29) is 11.8 Å². The molecule has 4 heteroatoms. The minimum atomic E-state index is -1.20. The number of aliphatic carboxylic acids is 1. The number of hydrogen-bond donors (Lipinski definition) is 2. The summed E-state index contributed by atoms with van der Waals surface area (Å²) in [6, 6.07) is 19.9. The van der Waals surface area contributed by atoms with Gasteiger partial charge >= 0.3 is 5.97 Å². The number of carboxylic acid groups (broad SMARTS) is 1. The van der Waals surface area contributed by atoms with E-state index in [1.807, 2.05) is 60.7 Å². The summed E-state index contributed by atoms with van der Waals surface area (Å²) >= 11 is 0. The average molecular weight is 309 g/mol. The summed E-state index contributed by atoms with van der Waals surface area (Å²) in [5.74, 6) is -1.39. The standard InChI is InChI=1S/C19H19NO3/c21-17(19(11-12-19)18(22)23)20-13-16(14-7-3-1-4-8-14)15-9-5-2-6-10-15/h1-10,16H,11-13H2,(H,20,21)(H,22,23). The Labute approximate surface area is 135 Å². The van der Waals surface area contributed by atoms with Gasteiger partial charge in [-0.05, 0) is 24.0 Å². The Morgan fingerprint density at radius 3 is 1.83 bits per heavy atom. The lowest BCUT2D eigenvalue weighted by Crippen LogP contribution is -2.39. The molecule has 1 saturated carbocycles. The molecule has 0 spiro atoms. The molecule has 0 unspecified atom stereocenters. The molecule has 23 heavy (non-hydrogen) atoms. The first-order valence-electron chi connectivity index (χ1n) is 7.75. The highest BCUT2D eigenvalue weighted by Crippen LogP contribution is 2.46. The van der Waals surface area contributed by atoms with Crippen LogP contribution in [-0.4, -0.2) is 23.5 Å². The molecule has 0 heterocycles. The minimum Gasteiger partial charge on any atom is -0.480 e. The van der Waals surface area contributed by atoms with E-state index in [2.05, 4.69) is 5.32 Å². The van der Waals surface area contributed by atoms with Gasteiger partial charge in [-0.1, -0.05) is 60.7 Å². The van der Waals surface area contributed by atoms with Gasteiger partial charge in [-0.15, -0.1) is 0 Å². The molecule has 1 amide bonds. The van der Waals surface area contributed by atoms with Gasteiger partial charge in [-0.25, -0.2) is 0 Å². The molecule has 1 fully saturated rings. The van der Waals surface area contributed by atoms with Gasteiger partial charge in [0.25, 0.3) is 0 Å². The molecule has 1 aliphatic carbocycles. The predicted molar refractivity (Wildman–Crippen MR) is 87.0 cm³/mol. The molecular formula is C19H19NO3. The van der Waals surface area contributed by atoms with Crippen LogP contribution in [0.3, 0.4) is 0 Å². The normalized spacial score (nSPS) is 15.2. The molecule has 0 radical (unpaired) electrons.